The second-order valence-corrected chi connectivity index (χ2v) is 5.42. The van der Waals surface area contributed by atoms with Gasteiger partial charge in [0.05, 0.1) is 0 Å². The molecule has 1 atom stereocenters. The van der Waals surface area contributed by atoms with Crippen molar-refractivity contribution in [2.45, 2.75) is 64.4 Å². The van der Waals surface area contributed by atoms with Crippen LogP contribution in [0.2, 0.25) is 0 Å². The summed E-state index contributed by atoms with van der Waals surface area (Å²) < 4.78 is 5.27. The van der Waals surface area contributed by atoms with Crippen molar-refractivity contribution >= 4 is 5.97 Å². The van der Waals surface area contributed by atoms with Crippen LogP contribution < -0.4 is 0 Å². The van der Waals surface area contributed by atoms with Crippen molar-refractivity contribution in [3.63, 3.8) is 0 Å². The predicted octanol–water partition coefficient (Wildman–Crippen LogP) is 4.58. The molecule has 1 aromatic carbocycles. The van der Waals surface area contributed by atoms with E-state index in [1.54, 1.807) is 0 Å². The molecule has 1 aliphatic rings. The van der Waals surface area contributed by atoms with Gasteiger partial charge in [0.25, 0.3) is 0 Å². The van der Waals surface area contributed by atoms with Gasteiger partial charge >= 0.3 is 5.97 Å². The van der Waals surface area contributed by atoms with E-state index in [-0.39, 0.29) is 12.1 Å². The Kier molecular flexibility index (Phi) is 5.44. The van der Waals surface area contributed by atoms with Crippen LogP contribution in [-0.2, 0) is 16.0 Å². The van der Waals surface area contributed by atoms with Gasteiger partial charge in [0.2, 0.25) is 0 Å². The largest absolute Gasteiger partial charge is 0.457 e. The third-order valence-corrected chi connectivity index (χ3v) is 3.80. The molecule has 0 amide bonds. The van der Waals surface area contributed by atoms with Crippen LogP contribution in [0.1, 0.15) is 69.1 Å². The summed E-state index contributed by atoms with van der Waals surface area (Å²) in [4.78, 5) is 11.1. The number of esters is 1. The monoisotopic (exact) mass is 260 g/mol. The van der Waals surface area contributed by atoms with E-state index < -0.39 is 0 Å². The van der Waals surface area contributed by atoms with E-state index in [0.717, 1.165) is 18.4 Å². The van der Waals surface area contributed by atoms with Crippen molar-refractivity contribution in [2.75, 3.05) is 0 Å². The highest BCUT2D eigenvalue weighted by molar-refractivity contribution is 5.71. The summed E-state index contributed by atoms with van der Waals surface area (Å²) in [6.07, 6.45) is 9.15. The van der Waals surface area contributed by atoms with Gasteiger partial charge in [0, 0.05) is 6.42 Å². The van der Waals surface area contributed by atoms with Crippen molar-refractivity contribution in [3.8, 4) is 0 Å². The maximum Gasteiger partial charge on any atom is 0.306 e. The minimum Gasteiger partial charge on any atom is -0.457 e. The molecule has 0 bridgehead atoms. The second kappa shape index (κ2) is 7.32. The first kappa shape index (κ1) is 14.1. The molecule has 0 spiro atoms. The topological polar surface area (TPSA) is 26.3 Å². The molecule has 0 unspecified atom stereocenters. The Morgan fingerprint density at radius 3 is 2.47 bits per heavy atom. The lowest BCUT2D eigenvalue weighted by Gasteiger charge is -2.10. The fourth-order valence-electron chi connectivity index (χ4n) is 2.59. The normalized spacial score (nSPS) is 18.6. The van der Waals surface area contributed by atoms with Crippen LogP contribution in [0.3, 0.4) is 0 Å². The zero-order valence-electron chi connectivity index (χ0n) is 11.9. The van der Waals surface area contributed by atoms with Gasteiger partial charge in [0.1, 0.15) is 6.10 Å². The van der Waals surface area contributed by atoms with Gasteiger partial charge in [0.15, 0.2) is 0 Å². The van der Waals surface area contributed by atoms with E-state index in [1.807, 2.05) is 0 Å². The van der Waals surface area contributed by atoms with Crippen molar-refractivity contribution < 1.29 is 9.53 Å². The van der Waals surface area contributed by atoms with Crippen molar-refractivity contribution in [2.24, 2.45) is 0 Å². The molecule has 19 heavy (non-hydrogen) atoms. The molecule has 1 aromatic rings. The van der Waals surface area contributed by atoms with Crippen LogP contribution in [0.5, 0.6) is 0 Å². The van der Waals surface area contributed by atoms with E-state index in [9.17, 15) is 4.79 Å². The Bertz CT molecular complexity index is 394. The third-order valence-electron chi connectivity index (χ3n) is 3.80. The molecule has 104 valence electrons. The maximum atomic E-state index is 11.1. The number of ether oxygens (including phenoxy) is 1. The number of aryl methyl sites for hydroxylation is 1. The highest BCUT2D eigenvalue weighted by Crippen LogP contribution is 2.29. The fraction of sp³-hybridized carbons (Fsp3) is 0.588. The Morgan fingerprint density at radius 2 is 1.84 bits per heavy atom. The van der Waals surface area contributed by atoms with Crippen LogP contribution in [0.15, 0.2) is 24.3 Å². The molecule has 0 N–H and O–H groups in total. The number of unbranched alkanes of at least 4 members (excludes halogenated alkanes) is 4. The van der Waals surface area contributed by atoms with Crippen LogP contribution in [0.25, 0.3) is 0 Å². The van der Waals surface area contributed by atoms with Crippen molar-refractivity contribution in [1.82, 2.24) is 0 Å². The highest BCUT2D eigenvalue weighted by Gasteiger charge is 2.24. The lowest BCUT2D eigenvalue weighted by molar-refractivity contribution is -0.141. The van der Waals surface area contributed by atoms with Gasteiger partial charge in [-0.15, -0.1) is 0 Å². The highest BCUT2D eigenvalue weighted by atomic mass is 16.5. The molecule has 1 aliphatic heterocycles. The minimum atomic E-state index is -0.0648. The fourth-order valence-corrected chi connectivity index (χ4v) is 2.59. The number of benzene rings is 1. The zero-order valence-corrected chi connectivity index (χ0v) is 11.9. The van der Waals surface area contributed by atoms with Gasteiger partial charge in [-0.2, -0.15) is 0 Å². The van der Waals surface area contributed by atoms with Gasteiger partial charge in [-0.1, -0.05) is 56.9 Å². The van der Waals surface area contributed by atoms with E-state index >= 15 is 0 Å². The van der Waals surface area contributed by atoms with Crippen LogP contribution >= 0.6 is 0 Å². The molecule has 0 radical (unpaired) electrons. The number of cyclic esters (lactones) is 1. The number of carbonyl (C=O) groups is 1. The molecule has 1 heterocycles. The van der Waals surface area contributed by atoms with Crippen LogP contribution in [-0.4, -0.2) is 5.97 Å². The molecule has 0 saturated carbocycles. The van der Waals surface area contributed by atoms with Crippen molar-refractivity contribution in [3.05, 3.63) is 35.4 Å². The van der Waals surface area contributed by atoms with Crippen LogP contribution in [0, 0.1) is 0 Å². The van der Waals surface area contributed by atoms with Gasteiger partial charge in [-0.05, 0) is 30.4 Å². The van der Waals surface area contributed by atoms with E-state index in [2.05, 4.69) is 31.2 Å². The third kappa shape index (κ3) is 4.38. The summed E-state index contributed by atoms with van der Waals surface area (Å²) in [6.45, 7) is 2.24. The lowest BCUT2D eigenvalue weighted by atomic mass is 10.0. The summed E-state index contributed by atoms with van der Waals surface area (Å²) in [5, 5.41) is 0. The first-order valence-corrected chi connectivity index (χ1v) is 7.58. The molecule has 2 heteroatoms. The Balaban J connectivity index is 1.76. The summed E-state index contributed by atoms with van der Waals surface area (Å²) in [7, 11) is 0. The summed E-state index contributed by atoms with van der Waals surface area (Å²) in [5.41, 5.74) is 2.53. The number of hydrogen-bond acceptors (Lipinski definition) is 2. The van der Waals surface area contributed by atoms with Gasteiger partial charge < -0.3 is 4.74 Å². The number of hydrogen-bond donors (Lipinski definition) is 0. The second-order valence-electron chi connectivity index (χ2n) is 5.42. The van der Waals surface area contributed by atoms with E-state index in [1.165, 1.54) is 37.7 Å². The maximum absolute atomic E-state index is 11.1. The smallest absolute Gasteiger partial charge is 0.306 e. The average molecular weight is 260 g/mol. The molecule has 0 aliphatic carbocycles. The standard InChI is InChI=1S/C17H24O2/c1-2-3-4-5-6-7-14-8-10-15(11-9-14)16-12-13-17(18)19-16/h8-11,16H,2-7,12-13H2,1H3/t16-/m0/s1. The minimum absolute atomic E-state index is 0.00824. The van der Waals surface area contributed by atoms with E-state index in [4.69, 9.17) is 4.74 Å². The van der Waals surface area contributed by atoms with Gasteiger partial charge in [-0.3, -0.25) is 4.79 Å². The first-order chi connectivity index (χ1) is 9.29. The summed E-state index contributed by atoms with van der Waals surface area (Å²) >= 11 is 0. The van der Waals surface area contributed by atoms with Gasteiger partial charge in [-0.25, -0.2) is 0 Å². The molecule has 2 rings (SSSR count). The Morgan fingerprint density at radius 1 is 1.11 bits per heavy atom. The number of carbonyl (C=O) groups excluding carboxylic acids is 1. The lowest BCUT2D eigenvalue weighted by Crippen LogP contribution is -1.98. The van der Waals surface area contributed by atoms with E-state index in [0.29, 0.717) is 6.42 Å². The summed E-state index contributed by atoms with van der Waals surface area (Å²) in [6, 6.07) is 8.60. The SMILES string of the molecule is CCCCCCCc1ccc([C@@H]2CCC(=O)O2)cc1. The molecular weight excluding hydrogens is 236 g/mol. The van der Waals surface area contributed by atoms with Crippen molar-refractivity contribution in [1.29, 1.82) is 0 Å². The zero-order chi connectivity index (χ0) is 13.5. The average Bonchev–Trinajstić information content (AvgIpc) is 2.86. The summed E-state index contributed by atoms with van der Waals surface area (Å²) in [5.74, 6) is -0.0648. The quantitative estimate of drug-likeness (QED) is 0.530. The first-order valence-electron chi connectivity index (χ1n) is 7.58. The molecule has 0 aromatic heterocycles. The molecule has 1 fully saturated rings. The molecular formula is C17H24O2. The Hall–Kier alpha value is -1.31. The Labute approximate surface area is 116 Å². The van der Waals surface area contributed by atoms with Crippen LogP contribution in [0.4, 0.5) is 0 Å². The molecule has 2 nitrogen and oxygen atoms in total. The predicted molar refractivity (Wildman–Crippen MR) is 77.0 cm³/mol. The molecule has 1 saturated heterocycles. The number of rotatable bonds is 7.